The zero-order valence-electron chi connectivity index (χ0n) is 17.6. The van der Waals surface area contributed by atoms with Crippen molar-refractivity contribution in [1.82, 2.24) is 0 Å². The summed E-state index contributed by atoms with van der Waals surface area (Å²) in [6.07, 6.45) is 23.1. The third-order valence-electron chi connectivity index (χ3n) is 4.67. The van der Waals surface area contributed by atoms with E-state index in [0.29, 0.717) is 5.92 Å². The molecule has 3 aliphatic rings. The van der Waals surface area contributed by atoms with Gasteiger partial charge in [-0.05, 0) is 114 Å². The molecule has 1 heterocycles. The van der Waals surface area contributed by atoms with Gasteiger partial charge in [-0.3, -0.25) is 0 Å². The largest absolute Gasteiger partial charge is 2.00 e. The van der Waals surface area contributed by atoms with Crippen molar-refractivity contribution in [2.24, 2.45) is 0 Å². The van der Waals surface area contributed by atoms with E-state index in [9.17, 15) is 0 Å². The Morgan fingerprint density at radius 3 is 2.10 bits per heavy atom. The maximum Gasteiger partial charge on any atom is 2.00 e. The Labute approximate surface area is 196 Å². The number of nitrogen functional groups attached to an aromatic ring is 1. The Balaban J connectivity index is 0.000000717. The molecule has 2 N–H and O–H groups in total. The standard InChI is InChI=1S/C18H22NO.C5H5.2CO.Mo/c1-12-11-15(13-7-5-4-6-8-13)16(19)14-9-10-18(2,3)20-17(12)14;1-2-4-5-3-1;2*1-2;/h4-5,7,9-11,13H,6,8,19H2,1-3H3;1-5H;;;/q;;;;+2. The third-order valence-corrected chi connectivity index (χ3v) is 4.67. The fraction of sp³-hybridized carbons (Fsp3) is 0.280. The summed E-state index contributed by atoms with van der Waals surface area (Å²) < 4.78 is 21.1. The molecule has 2 aliphatic carbocycles. The van der Waals surface area contributed by atoms with E-state index in [-0.39, 0.29) is 26.7 Å². The van der Waals surface area contributed by atoms with Crippen LogP contribution in [0.25, 0.3) is 6.08 Å². The van der Waals surface area contributed by atoms with Gasteiger partial charge in [0.15, 0.2) is 0 Å². The molecular weight excluding hydrogens is 458 g/mol. The zero-order chi connectivity index (χ0) is 21.9. The third kappa shape index (κ3) is 8.10. The summed E-state index contributed by atoms with van der Waals surface area (Å²) in [4.78, 5) is 0. The second-order valence-corrected chi connectivity index (χ2v) is 7.24. The maximum atomic E-state index is 7.50. The molecule has 0 amide bonds. The monoisotopic (exact) mass is 487 g/mol. The van der Waals surface area contributed by atoms with Gasteiger partial charge in [-0.2, -0.15) is 0 Å². The van der Waals surface area contributed by atoms with Crippen LogP contribution < -0.4 is 10.5 Å². The molecule has 1 aliphatic heterocycles. The van der Waals surface area contributed by atoms with Crippen LogP contribution in [-0.4, -0.2) is 5.60 Å². The van der Waals surface area contributed by atoms with Crippen molar-refractivity contribution in [2.75, 3.05) is 5.73 Å². The minimum atomic E-state index is -0.259. The summed E-state index contributed by atoms with van der Waals surface area (Å²) in [6, 6.07) is 2.20. The Hall–Kier alpha value is -1.27. The second kappa shape index (κ2) is 14.7. The SMILES string of the molecule is Cc1cc(C2[CH][CH][CH]CC2)c(N)c2c1OC(C)(C)C=C2.[C-]#[O+].[C-]#[O+].[CH]1[CH][CH][CH][CH]1.[Mo+2]. The van der Waals surface area contributed by atoms with Gasteiger partial charge in [0.05, 0.1) is 0 Å². The number of hydrogen-bond donors (Lipinski definition) is 1. The average molecular weight is 485 g/mol. The van der Waals surface area contributed by atoms with E-state index in [4.69, 9.17) is 19.8 Å². The molecule has 0 saturated heterocycles. The molecule has 4 nitrogen and oxygen atoms in total. The predicted octanol–water partition coefficient (Wildman–Crippen LogP) is 5.20. The van der Waals surface area contributed by atoms with E-state index in [1.807, 2.05) is 32.1 Å². The van der Waals surface area contributed by atoms with E-state index in [1.54, 1.807) is 0 Å². The van der Waals surface area contributed by atoms with Crippen molar-refractivity contribution < 1.29 is 35.1 Å². The van der Waals surface area contributed by atoms with Gasteiger partial charge in [0.2, 0.25) is 0 Å². The number of benzene rings is 1. The number of ether oxygens (including phenoxy) is 1. The molecule has 4 rings (SSSR count). The summed E-state index contributed by atoms with van der Waals surface area (Å²) in [5.41, 5.74) is 10.5. The van der Waals surface area contributed by atoms with Gasteiger partial charge in [0.1, 0.15) is 11.4 Å². The van der Waals surface area contributed by atoms with E-state index >= 15 is 0 Å². The number of anilines is 1. The van der Waals surface area contributed by atoms with Crippen LogP contribution >= 0.6 is 0 Å². The van der Waals surface area contributed by atoms with E-state index < -0.39 is 0 Å². The number of aryl methyl sites for hydroxylation is 1. The normalized spacial score (nSPS) is 18.4. The Morgan fingerprint density at radius 2 is 1.60 bits per heavy atom. The molecule has 0 aromatic heterocycles. The number of nitrogens with two attached hydrogens (primary N) is 1. The summed E-state index contributed by atoms with van der Waals surface area (Å²) in [5.74, 6) is 1.36. The van der Waals surface area contributed by atoms with Crippen LogP contribution in [0.3, 0.4) is 0 Å². The first-order valence-corrected chi connectivity index (χ1v) is 9.37. The van der Waals surface area contributed by atoms with Gasteiger partial charge in [-0.1, -0.05) is 6.07 Å². The maximum absolute atomic E-state index is 7.50. The first kappa shape index (κ1) is 28.7. The molecular formula is C25H27MoNO3+2. The average Bonchev–Trinajstić information content (AvgIpc) is 3.34. The molecule has 0 spiro atoms. The van der Waals surface area contributed by atoms with Crippen LogP contribution in [0.5, 0.6) is 5.75 Å². The minimum Gasteiger partial charge on any atom is -0.0312 e. The minimum absolute atomic E-state index is 0. The van der Waals surface area contributed by atoms with Crippen molar-refractivity contribution in [3.63, 3.8) is 0 Å². The summed E-state index contributed by atoms with van der Waals surface area (Å²) >= 11 is 0. The topological polar surface area (TPSA) is 75.0 Å². The molecule has 1 aromatic rings. The summed E-state index contributed by atoms with van der Waals surface area (Å²) in [5, 5.41) is 0. The van der Waals surface area contributed by atoms with Crippen molar-refractivity contribution in [3.05, 3.63) is 93.5 Å². The van der Waals surface area contributed by atoms with E-state index in [2.05, 4.69) is 71.6 Å². The van der Waals surface area contributed by atoms with Crippen molar-refractivity contribution in [2.45, 2.75) is 45.1 Å². The fourth-order valence-electron chi connectivity index (χ4n) is 3.32. The Kier molecular flexibility index (Phi) is 14.1. The number of hydrogen-bond acceptors (Lipinski definition) is 2. The summed E-state index contributed by atoms with van der Waals surface area (Å²) in [7, 11) is 0. The molecule has 2 saturated carbocycles. The van der Waals surface area contributed by atoms with E-state index in [0.717, 1.165) is 29.8 Å². The van der Waals surface area contributed by atoms with Gasteiger partial charge in [0.25, 0.3) is 0 Å². The van der Waals surface area contributed by atoms with E-state index in [1.165, 1.54) is 11.1 Å². The van der Waals surface area contributed by atoms with Gasteiger partial charge in [0, 0.05) is 11.3 Å². The van der Waals surface area contributed by atoms with Crippen LogP contribution in [0.4, 0.5) is 5.69 Å². The van der Waals surface area contributed by atoms with Crippen LogP contribution in [0.2, 0.25) is 0 Å². The molecule has 1 aromatic carbocycles. The van der Waals surface area contributed by atoms with Crippen molar-refractivity contribution in [1.29, 1.82) is 0 Å². The molecule has 1 unspecified atom stereocenters. The zero-order valence-corrected chi connectivity index (χ0v) is 19.6. The van der Waals surface area contributed by atoms with Gasteiger partial charge in [-0.15, -0.1) is 0 Å². The molecule has 1 atom stereocenters. The van der Waals surface area contributed by atoms with Crippen LogP contribution in [0.1, 0.15) is 49.3 Å². The quantitative estimate of drug-likeness (QED) is 0.257. The molecule has 154 valence electrons. The Morgan fingerprint density at radius 1 is 1.03 bits per heavy atom. The molecule has 8 radical (unpaired) electrons. The molecule has 30 heavy (non-hydrogen) atoms. The Bertz CT molecular complexity index is 698. The van der Waals surface area contributed by atoms with Crippen LogP contribution in [-0.2, 0) is 30.4 Å². The summed E-state index contributed by atoms with van der Waals surface area (Å²) in [6.45, 7) is 15.2. The number of fused-ring (bicyclic) bond motifs is 1. The molecule has 0 bridgehead atoms. The second-order valence-electron chi connectivity index (χ2n) is 7.24. The molecule has 5 heteroatoms. The number of rotatable bonds is 1. The van der Waals surface area contributed by atoms with Gasteiger partial charge >= 0.3 is 43.7 Å². The van der Waals surface area contributed by atoms with Crippen LogP contribution in [0, 0.1) is 71.6 Å². The first-order chi connectivity index (χ1) is 14.0. The van der Waals surface area contributed by atoms with Crippen LogP contribution in [0.15, 0.2) is 12.1 Å². The first-order valence-electron chi connectivity index (χ1n) is 9.37. The van der Waals surface area contributed by atoms with Crippen molar-refractivity contribution in [3.8, 4) is 5.75 Å². The van der Waals surface area contributed by atoms with Gasteiger partial charge in [-0.25, -0.2) is 0 Å². The predicted molar refractivity (Wildman–Crippen MR) is 114 cm³/mol. The fourth-order valence-corrected chi connectivity index (χ4v) is 3.32. The smallest absolute Gasteiger partial charge is 0.0312 e. The van der Waals surface area contributed by atoms with Crippen molar-refractivity contribution >= 4 is 11.8 Å². The molecule has 2 fully saturated rings. The van der Waals surface area contributed by atoms with Gasteiger partial charge < -0.3 is 10.5 Å².